The maximum Gasteiger partial charge on any atom is 0.162 e. The van der Waals surface area contributed by atoms with Crippen LogP contribution in [0.3, 0.4) is 0 Å². The molecule has 0 bridgehead atoms. The number of benzene rings is 2. The number of nitrogen functional groups attached to an aromatic ring is 1. The van der Waals surface area contributed by atoms with Crippen molar-refractivity contribution in [2.45, 2.75) is 13.3 Å². The first-order chi connectivity index (χ1) is 9.61. The number of carbonyl (C=O) groups excluding carboxylic acids is 1. The number of hydrogen-bond acceptors (Lipinski definition) is 4. The average molecular weight is 271 g/mol. The van der Waals surface area contributed by atoms with Gasteiger partial charge in [-0.1, -0.05) is 18.2 Å². The molecule has 104 valence electrons. The Kier molecular flexibility index (Phi) is 4.38. The van der Waals surface area contributed by atoms with E-state index in [2.05, 4.69) is 0 Å². The third-order valence-corrected chi connectivity index (χ3v) is 2.99. The molecule has 20 heavy (non-hydrogen) atoms. The number of aliphatic hydroxyl groups is 1. The quantitative estimate of drug-likeness (QED) is 0.648. The van der Waals surface area contributed by atoms with Gasteiger partial charge in [0.25, 0.3) is 0 Å². The van der Waals surface area contributed by atoms with Gasteiger partial charge in [-0.3, -0.25) is 4.79 Å². The molecule has 0 saturated carbocycles. The summed E-state index contributed by atoms with van der Waals surface area (Å²) in [7, 11) is 0. The summed E-state index contributed by atoms with van der Waals surface area (Å²) in [5.74, 6) is 1.12. The van der Waals surface area contributed by atoms with E-state index < -0.39 is 0 Å². The van der Waals surface area contributed by atoms with Gasteiger partial charge in [-0.05, 0) is 43.2 Å². The van der Waals surface area contributed by atoms with Gasteiger partial charge in [0, 0.05) is 17.9 Å². The molecule has 2 aromatic carbocycles. The number of carbonyl (C=O) groups is 1. The summed E-state index contributed by atoms with van der Waals surface area (Å²) in [6.07, 6.45) is 0.519. The molecule has 0 aromatic heterocycles. The molecule has 0 aliphatic rings. The predicted molar refractivity (Wildman–Crippen MR) is 78.2 cm³/mol. The highest BCUT2D eigenvalue weighted by Crippen LogP contribution is 2.28. The summed E-state index contributed by atoms with van der Waals surface area (Å²) in [6.45, 7) is 1.52. The Morgan fingerprint density at radius 1 is 1.25 bits per heavy atom. The van der Waals surface area contributed by atoms with Crippen LogP contribution in [0.4, 0.5) is 5.69 Å². The van der Waals surface area contributed by atoms with Crippen LogP contribution >= 0.6 is 0 Å². The van der Waals surface area contributed by atoms with Gasteiger partial charge in [0.2, 0.25) is 0 Å². The zero-order valence-electron chi connectivity index (χ0n) is 11.3. The number of rotatable bonds is 5. The first-order valence-electron chi connectivity index (χ1n) is 6.39. The standard InChI is InChI=1S/C16H17NO3/c1-11(19)14-10-13(6-7-15(14)17)20-16-5-3-2-4-12(16)8-9-18/h2-7,10,18H,8-9,17H2,1H3. The molecule has 4 nitrogen and oxygen atoms in total. The van der Waals surface area contributed by atoms with Gasteiger partial charge in [-0.15, -0.1) is 0 Å². The topological polar surface area (TPSA) is 72.5 Å². The molecule has 3 N–H and O–H groups in total. The Morgan fingerprint density at radius 3 is 2.70 bits per heavy atom. The van der Waals surface area contributed by atoms with Crippen LogP contribution in [0.1, 0.15) is 22.8 Å². The Hall–Kier alpha value is -2.33. The molecule has 0 heterocycles. The van der Waals surface area contributed by atoms with E-state index in [1.165, 1.54) is 6.92 Å². The Morgan fingerprint density at radius 2 is 2.00 bits per heavy atom. The predicted octanol–water partition coefficient (Wildman–Crippen LogP) is 2.80. The average Bonchev–Trinajstić information content (AvgIpc) is 2.43. The zero-order valence-corrected chi connectivity index (χ0v) is 11.3. The molecule has 0 aliphatic carbocycles. The van der Waals surface area contributed by atoms with Crippen molar-refractivity contribution in [2.75, 3.05) is 12.3 Å². The second kappa shape index (κ2) is 6.21. The lowest BCUT2D eigenvalue weighted by Crippen LogP contribution is -2.00. The van der Waals surface area contributed by atoms with Crippen molar-refractivity contribution in [1.82, 2.24) is 0 Å². The normalized spacial score (nSPS) is 10.3. The highest BCUT2D eigenvalue weighted by molar-refractivity contribution is 5.99. The van der Waals surface area contributed by atoms with E-state index in [1.807, 2.05) is 24.3 Å². The fraction of sp³-hybridized carbons (Fsp3) is 0.188. The maximum atomic E-state index is 11.5. The number of aliphatic hydroxyl groups excluding tert-OH is 1. The van der Waals surface area contributed by atoms with E-state index >= 15 is 0 Å². The molecular formula is C16H17NO3. The first kappa shape index (κ1) is 14.1. The second-order valence-electron chi connectivity index (χ2n) is 4.49. The van der Waals surface area contributed by atoms with Crippen molar-refractivity contribution in [3.63, 3.8) is 0 Å². The number of nitrogens with two attached hydrogens (primary N) is 1. The van der Waals surface area contributed by atoms with Gasteiger partial charge in [-0.2, -0.15) is 0 Å². The number of anilines is 1. The van der Waals surface area contributed by atoms with Crippen LogP contribution in [0, 0.1) is 0 Å². The maximum absolute atomic E-state index is 11.5. The molecule has 0 atom stereocenters. The van der Waals surface area contributed by atoms with E-state index in [4.69, 9.17) is 15.6 Å². The van der Waals surface area contributed by atoms with E-state index in [1.54, 1.807) is 18.2 Å². The number of ether oxygens (including phenoxy) is 1. The fourth-order valence-corrected chi connectivity index (χ4v) is 1.96. The van der Waals surface area contributed by atoms with Crippen LogP contribution in [-0.2, 0) is 6.42 Å². The van der Waals surface area contributed by atoms with E-state index in [0.717, 1.165) is 5.56 Å². The van der Waals surface area contributed by atoms with E-state index in [9.17, 15) is 4.79 Å². The minimum absolute atomic E-state index is 0.0564. The summed E-state index contributed by atoms with van der Waals surface area (Å²) in [5, 5.41) is 9.05. The molecule has 4 heteroatoms. The third kappa shape index (κ3) is 3.16. The summed E-state index contributed by atoms with van der Waals surface area (Å²) in [6, 6.07) is 12.5. The Labute approximate surface area is 117 Å². The van der Waals surface area contributed by atoms with E-state index in [0.29, 0.717) is 29.2 Å². The minimum atomic E-state index is -0.100. The minimum Gasteiger partial charge on any atom is -0.457 e. The van der Waals surface area contributed by atoms with Gasteiger partial charge in [0.15, 0.2) is 5.78 Å². The first-order valence-corrected chi connectivity index (χ1v) is 6.39. The van der Waals surface area contributed by atoms with Gasteiger partial charge in [0.1, 0.15) is 11.5 Å². The van der Waals surface area contributed by atoms with Crippen molar-refractivity contribution < 1.29 is 14.6 Å². The molecule has 0 spiro atoms. The van der Waals surface area contributed by atoms with Gasteiger partial charge in [0.05, 0.1) is 0 Å². The molecule has 0 saturated heterocycles. The molecule has 0 unspecified atom stereocenters. The van der Waals surface area contributed by atoms with Crippen molar-refractivity contribution in [3.05, 3.63) is 53.6 Å². The lowest BCUT2D eigenvalue weighted by atomic mass is 10.1. The molecule has 2 rings (SSSR count). The molecule has 0 aliphatic heterocycles. The van der Waals surface area contributed by atoms with Gasteiger partial charge >= 0.3 is 0 Å². The summed E-state index contributed by atoms with van der Waals surface area (Å²) < 4.78 is 5.79. The number of ketones is 1. The van der Waals surface area contributed by atoms with Crippen LogP contribution < -0.4 is 10.5 Å². The van der Waals surface area contributed by atoms with Gasteiger partial charge in [-0.25, -0.2) is 0 Å². The van der Waals surface area contributed by atoms with Gasteiger partial charge < -0.3 is 15.6 Å². The summed E-state index contributed by atoms with van der Waals surface area (Å²) in [5.41, 5.74) is 7.55. The van der Waals surface area contributed by atoms with Crippen LogP contribution in [0.5, 0.6) is 11.5 Å². The monoisotopic (exact) mass is 271 g/mol. The van der Waals surface area contributed by atoms with Crippen LogP contribution in [0.2, 0.25) is 0 Å². The lowest BCUT2D eigenvalue weighted by Gasteiger charge is -2.11. The highest BCUT2D eigenvalue weighted by atomic mass is 16.5. The number of para-hydroxylation sites is 1. The molecule has 0 amide bonds. The molecule has 0 radical (unpaired) electrons. The second-order valence-corrected chi connectivity index (χ2v) is 4.49. The lowest BCUT2D eigenvalue weighted by molar-refractivity contribution is 0.101. The van der Waals surface area contributed by atoms with Crippen molar-refractivity contribution in [2.24, 2.45) is 0 Å². The molecule has 2 aromatic rings. The molecular weight excluding hydrogens is 254 g/mol. The molecule has 0 fully saturated rings. The van der Waals surface area contributed by atoms with Crippen molar-refractivity contribution >= 4 is 11.5 Å². The third-order valence-electron chi connectivity index (χ3n) is 2.99. The van der Waals surface area contributed by atoms with Crippen molar-refractivity contribution in [3.8, 4) is 11.5 Å². The van der Waals surface area contributed by atoms with Crippen molar-refractivity contribution in [1.29, 1.82) is 0 Å². The summed E-state index contributed by atoms with van der Waals surface area (Å²) >= 11 is 0. The summed E-state index contributed by atoms with van der Waals surface area (Å²) in [4.78, 5) is 11.5. The fourth-order valence-electron chi connectivity index (χ4n) is 1.96. The van der Waals surface area contributed by atoms with Crippen LogP contribution in [0.15, 0.2) is 42.5 Å². The Bertz CT molecular complexity index is 623. The number of Topliss-reactive ketones (excluding diaryl/α,β-unsaturated/α-hetero) is 1. The SMILES string of the molecule is CC(=O)c1cc(Oc2ccccc2CCO)ccc1N. The Balaban J connectivity index is 2.31. The van der Waals surface area contributed by atoms with Crippen LogP contribution in [-0.4, -0.2) is 17.5 Å². The number of hydrogen-bond donors (Lipinski definition) is 2. The van der Waals surface area contributed by atoms with Crippen LogP contribution in [0.25, 0.3) is 0 Å². The largest absolute Gasteiger partial charge is 0.457 e. The zero-order chi connectivity index (χ0) is 14.5. The van der Waals surface area contributed by atoms with E-state index in [-0.39, 0.29) is 12.4 Å². The highest BCUT2D eigenvalue weighted by Gasteiger charge is 2.09. The smallest absolute Gasteiger partial charge is 0.162 e.